The molecule has 0 bridgehead atoms. The average molecular weight is 270 g/mol. The normalized spacial score (nSPS) is 9.89. The highest BCUT2D eigenvalue weighted by atomic mass is 35.5. The van der Waals surface area contributed by atoms with Crippen LogP contribution in [0.4, 0.5) is 0 Å². The van der Waals surface area contributed by atoms with E-state index in [4.69, 9.17) is 26.8 Å². The predicted molar refractivity (Wildman–Crippen MR) is 70.9 cm³/mol. The Hall–Kier alpha value is -1.52. The van der Waals surface area contributed by atoms with Crippen molar-refractivity contribution in [3.63, 3.8) is 0 Å². The van der Waals surface area contributed by atoms with E-state index in [1.54, 1.807) is 24.3 Å². The third-order valence-electron chi connectivity index (χ3n) is 2.08. The first kappa shape index (κ1) is 14.5. The number of hydrogen-bond acceptors (Lipinski definition) is 4. The van der Waals surface area contributed by atoms with Crippen molar-refractivity contribution in [3.05, 3.63) is 41.4 Å². The summed E-state index contributed by atoms with van der Waals surface area (Å²) in [6.45, 7) is 4.49. The van der Waals surface area contributed by atoms with Gasteiger partial charge in [0.25, 0.3) is 0 Å². The van der Waals surface area contributed by atoms with Crippen molar-refractivity contribution in [2.75, 3.05) is 19.8 Å². The van der Waals surface area contributed by atoms with E-state index in [-0.39, 0.29) is 19.0 Å². The van der Waals surface area contributed by atoms with Crippen LogP contribution >= 0.6 is 11.6 Å². The third-order valence-corrected chi connectivity index (χ3v) is 2.38. The maximum absolute atomic E-state index is 11.4. The molecule has 0 aliphatic heterocycles. The highest BCUT2D eigenvalue weighted by molar-refractivity contribution is 6.32. The van der Waals surface area contributed by atoms with Crippen LogP contribution < -0.4 is 10.5 Å². The van der Waals surface area contributed by atoms with Crippen LogP contribution in [-0.2, 0) is 16.0 Å². The molecule has 5 heteroatoms. The van der Waals surface area contributed by atoms with Gasteiger partial charge in [-0.25, -0.2) is 0 Å². The summed E-state index contributed by atoms with van der Waals surface area (Å²) in [5, 5.41) is 0.459. The van der Waals surface area contributed by atoms with E-state index in [1.807, 2.05) is 0 Å². The number of rotatable bonds is 7. The fourth-order valence-corrected chi connectivity index (χ4v) is 1.57. The largest absolute Gasteiger partial charge is 0.488 e. The summed E-state index contributed by atoms with van der Waals surface area (Å²) in [6, 6.07) is 5.18. The van der Waals surface area contributed by atoms with Gasteiger partial charge >= 0.3 is 5.97 Å². The summed E-state index contributed by atoms with van der Waals surface area (Å²) < 4.78 is 10.2. The standard InChI is InChI=1S/C13H16ClNO3/c1-2-6-17-12-4-3-10(8-11(12)14)9-13(16)18-7-5-15/h2-4,8H,1,5-7,9,15H2. The Balaban J connectivity index is 2.60. The van der Waals surface area contributed by atoms with Crippen LogP contribution in [0.25, 0.3) is 0 Å². The van der Waals surface area contributed by atoms with Crippen LogP contribution in [0.5, 0.6) is 5.75 Å². The lowest BCUT2D eigenvalue weighted by molar-refractivity contribution is -0.142. The van der Waals surface area contributed by atoms with Crippen molar-refractivity contribution >= 4 is 17.6 Å². The molecule has 0 aromatic heterocycles. The molecule has 0 unspecified atom stereocenters. The fraction of sp³-hybridized carbons (Fsp3) is 0.308. The Morgan fingerprint density at radius 1 is 1.50 bits per heavy atom. The topological polar surface area (TPSA) is 61.5 Å². The second-order valence-corrected chi connectivity index (χ2v) is 3.96. The molecule has 0 heterocycles. The van der Waals surface area contributed by atoms with Gasteiger partial charge in [-0.3, -0.25) is 4.79 Å². The summed E-state index contributed by atoms with van der Waals surface area (Å²) in [5.74, 6) is 0.243. The van der Waals surface area contributed by atoms with Crippen molar-refractivity contribution in [3.8, 4) is 5.75 Å². The molecule has 18 heavy (non-hydrogen) atoms. The van der Waals surface area contributed by atoms with Crippen molar-refractivity contribution < 1.29 is 14.3 Å². The second kappa shape index (κ2) is 7.74. The van der Waals surface area contributed by atoms with Gasteiger partial charge < -0.3 is 15.2 Å². The molecule has 4 nitrogen and oxygen atoms in total. The second-order valence-electron chi connectivity index (χ2n) is 3.55. The quantitative estimate of drug-likeness (QED) is 0.607. The molecule has 0 amide bonds. The Kier molecular flexibility index (Phi) is 6.25. The Morgan fingerprint density at radius 2 is 2.28 bits per heavy atom. The van der Waals surface area contributed by atoms with Gasteiger partial charge in [-0.15, -0.1) is 0 Å². The number of esters is 1. The van der Waals surface area contributed by atoms with Gasteiger partial charge in [-0.2, -0.15) is 0 Å². The van der Waals surface area contributed by atoms with Crippen LogP contribution in [-0.4, -0.2) is 25.7 Å². The first-order chi connectivity index (χ1) is 8.67. The number of hydrogen-bond donors (Lipinski definition) is 1. The lowest BCUT2D eigenvalue weighted by Gasteiger charge is -2.08. The maximum atomic E-state index is 11.4. The smallest absolute Gasteiger partial charge is 0.310 e. The summed E-state index contributed by atoms with van der Waals surface area (Å²) in [6.07, 6.45) is 1.80. The Labute approximate surface area is 111 Å². The van der Waals surface area contributed by atoms with Crippen LogP contribution in [0, 0.1) is 0 Å². The summed E-state index contributed by atoms with van der Waals surface area (Å²) in [4.78, 5) is 11.4. The summed E-state index contributed by atoms with van der Waals surface area (Å²) in [7, 11) is 0. The van der Waals surface area contributed by atoms with Gasteiger partial charge in [-0.1, -0.05) is 30.3 Å². The zero-order valence-electron chi connectivity index (χ0n) is 10.0. The van der Waals surface area contributed by atoms with Gasteiger partial charge in [0.15, 0.2) is 0 Å². The summed E-state index contributed by atoms with van der Waals surface area (Å²) in [5.41, 5.74) is 6.01. The van der Waals surface area contributed by atoms with E-state index < -0.39 is 0 Å². The molecule has 0 radical (unpaired) electrons. The molecule has 0 atom stereocenters. The molecule has 1 aromatic rings. The van der Waals surface area contributed by atoms with E-state index >= 15 is 0 Å². The molecule has 2 N–H and O–H groups in total. The van der Waals surface area contributed by atoms with Gasteiger partial charge in [0.1, 0.15) is 19.0 Å². The number of carbonyl (C=O) groups excluding carboxylic acids is 1. The number of ether oxygens (including phenoxy) is 2. The van der Waals surface area contributed by atoms with E-state index in [9.17, 15) is 4.79 Å². The lowest BCUT2D eigenvalue weighted by Crippen LogP contribution is -2.15. The van der Waals surface area contributed by atoms with Crippen LogP contribution in [0.15, 0.2) is 30.9 Å². The molecule has 0 saturated heterocycles. The van der Waals surface area contributed by atoms with Crippen LogP contribution in [0.2, 0.25) is 5.02 Å². The molecule has 0 fully saturated rings. The first-order valence-corrected chi connectivity index (χ1v) is 5.93. The molecule has 98 valence electrons. The number of benzene rings is 1. The molecule has 1 rings (SSSR count). The van der Waals surface area contributed by atoms with E-state index in [2.05, 4.69) is 6.58 Å². The minimum atomic E-state index is -0.323. The van der Waals surface area contributed by atoms with Gasteiger partial charge in [0.2, 0.25) is 0 Å². The predicted octanol–water partition coefficient (Wildman–Crippen LogP) is 1.95. The average Bonchev–Trinajstić information content (AvgIpc) is 2.35. The van der Waals surface area contributed by atoms with Crippen molar-refractivity contribution in [1.82, 2.24) is 0 Å². The monoisotopic (exact) mass is 269 g/mol. The zero-order chi connectivity index (χ0) is 13.4. The van der Waals surface area contributed by atoms with Crippen molar-refractivity contribution in [2.45, 2.75) is 6.42 Å². The lowest BCUT2D eigenvalue weighted by atomic mass is 10.1. The highest BCUT2D eigenvalue weighted by Crippen LogP contribution is 2.25. The van der Waals surface area contributed by atoms with E-state index in [1.165, 1.54) is 0 Å². The van der Waals surface area contributed by atoms with E-state index in [0.717, 1.165) is 5.56 Å². The minimum absolute atomic E-state index is 0.168. The number of nitrogens with two attached hydrogens (primary N) is 1. The van der Waals surface area contributed by atoms with Gasteiger partial charge in [0.05, 0.1) is 11.4 Å². The van der Waals surface area contributed by atoms with E-state index in [0.29, 0.717) is 23.9 Å². The Bertz CT molecular complexity index is 421. The third kappa shape index (κ3) is 4.77. The maximum Gasteiger partial charge on any atom is 0.310 e. The number of halogens is 1. The minimum Gasteiger partial charge on any atom is -0.488 e. The van der Waals surface area contributed by atoms with Crippen LogP contribution in [0.3, 0.4) is 0 Å². The van der Waals surface area contributed by atoms with Crippen molar-refractivity contribution in [2.24, 2.45) is 5.73 Å². The highest BCUT2D eigenvalue weighted by Gasteiger charge is 2.07. The first-order valence-electron chi connectivity index (χ1n) is 5.55. The summed E-state index contributed by atoms with van der Waals surface area (Å²) >= 11 is 6.02. The Morgan fingerprint density at radius 3 is 2.89 bits per heavy atom. The van der Waals surface area contributed by atoms with Gasteiger partial charge in [0, 0.05) is 6.54 Å². The molecule has 0 spiro atoms. The zero-order valence-corrected chi connectivity index (χ0v) is 10.8. The molecular weight excluding hydrogens is 254 g/mol. The van der Waals surface area contributed by atoms with Crippen molar-refractivity contribution in [1.29, 1.82) is 0 Å². The molecule has 0 aliphatic rings. The van der Waals surface area contributed by atoms with Crippen LogP contribution in [0.1, 0.15) is 5.56 Å². The number of carbonyl (C=O) groups is 1. The molecule has 0 aliphatic carbocycles. The fourth-order valence-electron chi connectivity index (χ4n) is 1.31. The SMILES string of the molecule is C=CCOc1ccc(CC(=O)OCCN)cc1Cl. The molecular formula is C13H16ClNO3. The molecule has 0 saturated carbocycles. The van der Waals surface area contributed by atoms with Gasteiger partial charge in [-0.05, 0) is 17.7 Å². The molecule has 1 aromatic carbocycles.